The van der Waals surface area contributed by atoms with Gasteiger partial charge in [0.2, 0.25) is 5.91 Å². The second kappa shape index (κ2) is 8.00. The zero-order chi connectivity index (χ0) is 15.9. The van der Waals surface area contributed by atoms with Crippen molar-refractivity contribution in [1.29, 1.82) is 0 Å². The van der Waals surface area contributed by atoms with Gasteiger partial charge < -0.3 is 20.1 Å². The van der Waals surface area contributed by atoms with E-state index in [0.29, 0.717) is 19.6 Å². The van der Waals surface area contributed by atoms with Gasteiger partial charge in [-0.25, -0.2) is 0 Å². The minimum absolute atomic E-state index is 0.0989. The number of ether oxygens (including phenoxy) is 1. The molecule has 0 fully saturated rings. The quantitative estimate of drug-likeness (QED) is 0.752. The van der Waals surface area contributed by atoms with Gasteiger partial charge in [-0.2, -0.15) is 0 Å². The highest BCUT2D eigenvalue weighted by Crippen LogP contribution is 2.12. The Morgan fingerprint density at radius 2 is 1.95 bits per heavy atom. The summed E-state index contributed by atoms with van der Waals surface area (Å²) in [5.41, 5.74) is -0.0129. The highest BCUT2D eigenvalue weighted by molar-refractivity contribution is 5.78. The molecule has 0 spiro atoms. The first-order chi connectivity index (χ1) is 9.82. The Balaban J connectivity index is 2.43. The number of nitrogens with one attached hydrogen (secondary N) is 1. The Morgan fingerprint density at radius 1 is 1.33 bits per heavy atom. The number of carbonyl (C=O) groups is 1. The summed E-state index contributed by atoms with van der Waals surface area (Å²) in [7, 11) is 3.77. The molecule has 1 rings (SSSR count). The van der Waals surface area contributed by atoms with Crippen molar-refractivity contribution >= 4 is 5.91 Å². The van der Waals surface area contributed by atoms with Crippen LogP contribution in [0.25, 0.3) is 0 Å². The van der Waals surface area contributed by atoms with Crippen molar-refractivity contribution in [2.75, 3.05) is 33.8 Å². The third-order valence-electron chi connectivity index (χ3n) is 2.92. The summed E-state index contributed by atoms with van der Waals surface area (Å²) < 4.78 is 5.36. The summed E-state index contributed by atoms with van der Waals surface area (Å²) in [6.45, 7) is 5.00. The average Bonchev–Trinajstić information content (AvgIpc) is 2.38. The predicted molar refractivity (Wildman–Crippen MR) is 83.5 cm³/mol. The summed E-state index contributed by atoms with van der Waals surface area (Å²) in [6, 6.07) is 7.47. The van der Waals surface area contributed by atoms with Crippen LogP contribution in [0.2, 0.25) is 0 Å². The molecule has 0 saturated carbocycles. The monoisotopic (exact) mass is 294 g/mol. The number of amides is 1. The maximum atomic E-state index is 11.9. The lowest BCUT2D eigenvalue weighted by Gasteiger charge is -2.27. The van der Waals surface area contributed by atoms with Crippen molar-refractivity contribution in [1.82, 2.24) is 10.2 Å². The summed E-state index contributed by atoms with van der Waals surface area (Å²) in [6.07, 6.45) is 0.296. The minimum Gasteiger partial charge on any atom is -0.494 e. The van der Waals surface area contributed by atoms with Gasteiger partial charge >= 0.3 is 0 Å². The molecule has 0 aliphatic rings. The molecule has 0 aliphatic carbocycles. The van der Waals surface area contributed by atoms with Crippen molar-refractivity contribution in [2.45, 2.75) is 25.9 Å². The highest BCUT2D eigenvalue weighted by atomic mass is 16.5. The van der Waals surface area contributed by atoms with Crippen LogP contribution in [0.5, 0.6) is 5.75 Å². The molecular formula is C16H26N2O3. The van der Waals surface area contributed by atoms with Crippen LogP contribution in [-0.2, 0) is 11.2 Å². The van der Waals surface area contributed by atoms with E-state index in [4.69, 9.17) is 4.74 Å². The van der Waals surface area contributed by atoms with Crippen molar-refractivity contribution in [3.63, 3.8) is 0 Å². The predicted octanol–water partition coefficient (Wildman–Crippen LogP) is 1.06. The van der Waals surface area contributed by atoms with Gasteiger partial charge in [-0.3, -0.25) is 4.79 Å². The van der Waals surface area contributed by atoms with Gasteiger partial charge in [0.25, 0.3) is 0 Å². The highest BCUT2D eigenvalue weighted by Gasteiger charge is 2.21. The number of hydrogen-bond donors (Lipinski definition) is 2. The molecule has 21 heavy (non-hydrogen) atoms. The molecule has 5 nitrogen and oxygen atoms in total. The van der Waals surface area contributed by atoms with Gasteiger partial charge in [-0.15, -0.1) is 0 Å². The van der Waals surface area contributed by atoms with E-state index in [2.05, 4.69) is 5.32 Å². The summed E-state index contributed by atoms with van der Waals surface area (Å²) in [5.74, 6) is 0.703. The zero-order valence-corrected chi connectivity index (χ0v) is 13.3. The normalized spacial score (nSPS) is 13.8. The number of likely N-dealkylation sites (N-methyl/N-ethyl adjacent to an activating group) is 1. The molecule has 1 amide bonds. The summed E-state index contributed by atoms with van der Waals surface area (Å²) in [4.78, 5) is 13.8. The number of hydrogen-bond acceptors (Lipinski definition) is 4. The Hall–Kier alpha value is -1.59. The largest absolute Gasteiger partial charge is 0.494 e. The maximum Gasteiger partial charge on any atom is 0.224 e. The molecule has 0 bridgehead atoms. The molecule has 2 N–H and O–H groups in total. The number of aliphatic hydroxyl groups is 1. The standard InChI is InChI=1S/C16H26N2O3/c1-5-21-14-8-6-13(7-9-14)10-15(19)17-11-16(2,20)12-18(3)4/h6-9,20H,5,10-12H2,1-4H3,(H,17,19). The van der Waals surface area contributed by atoms with Gasteiger partial charge in [0.1, 0.15) is 5.75 Å². The number of nitrogens with zero attached hydrogens (tertiary/aromatic N) is 1. The van der Waals surface area contributed by atoms with Gasteiger partial charge in [0.05, 0.1) is 18.6 Å². The second-order valence-corrected chi connectivity index (χ2v) is 5.77. The molecule has 0 heterocycles. The van der Waals surface area contributed by atoms with Crippen LogP contribution in [-0.4, -0.2) is 55.3 Å². The van der Waals surface area contributed by atoms with Gasteiger partial charge in [-0.1, -0.05) is 12.1 Å². The fourth-order valence-corrected chi connectivity index (χ4v) is 2.14. The number of benzene rings is 1. The SMILES string of the molecule is CCOc1ccc(CC(=O)NCC(C)(O)CN(C)C)cc1. The molecular weight excluding hydrogens is 268 g/mol. The van der Waals surface area contributed by atoms with E-state index in [1.165, 1.54) is 0 Å². The van der Waals surface area contributed by atoms with E-state index in [-0.39, 0.29) is 12.5 Å². The van der Waals surface area contributed by atoms with Crippen LogP contribution in [0, 0.1) is 0 Å². The first kappa shape index (κ1) is 17.5. The smallest absolute Gasteiger partial charge is 0.224 e. The van der Waals surface area contributed by atoms with Crippen LogP contribution in [0.4, 0.5) is 0 Å². The van der Waals surface area contributed by atoms with Crippen LogP contribution < -0.4 is 10.1 Å². The molecule has 118 valence electrons. The van der Waals surface area contributed by atoms with Gasteiger partial charge in [0.15, 0.2) is 0 Å². The molecule has 0 saturated heterocycles. The summed E-state index contributed by atoms with van der Waals surface area (Å²) >= 11 is 0. The van der Waals surface area contributed by atoms with Crippen molar-refractivity contribution in [3.8, 4) is 5.75 Å². The lowest BCUT2D eigenvalue weighted by molar-refractivity contribution is -0.121. The summed E-state index contributed by atoms with van der Waals surface area (Å²) in [5, 5.41) is 12.9. The minimum atomic E-state index is -0.933. The molecule has 5 heteroatoms. The molecule has 1 aromatic rings. The Kier molecular flexibility index (Phi) is 6.65. The van der Waals surface area contributed by atoms with E-state index in [0.717, 1.165) is 11.3 Å². The number of rotatable bonds is 8. The zero-order valence-electron chi connectivity index (χ0n) is 13.3. The molecule has 1 aromatic carbocycles. The lowest BCUT2D eigenvalue weighted by Crippen LogP contribution is -2.47. The molecule has 1 atom stereocenters. The topological polar surface area (TPSA) is 61.8 Å². The van der Waals surface area contributed by atoms with Crippen molar-refractivity contribution < 1.29 is 14.6 Å². The number of carbonyl (C=O) groups excluding carboxylic acids is 1. The van der Waals surface area contributed by atoms with E-state index >= 15 is 0 Å². The molecule has 0 radical (unpaired) electrons. The van der Waals surface area contributed by atoms with Crippen LogP contribution in [0.3, 0.4) is 0 Å². The van der Waals surface area contributed by atoms with Crippen molar-refractivity contribution in [3.05, 3.63) is 29.8 Å². The van der Waals surface area contributed by atoms with Gasteiger partial charge in [0, 0.05) is 13.1 Å². The lowest BCUT2D eigenvalue weighted by atomic mass is 10.1. The Bertz CT molecular complexity index is 441. The van der Waals surface area contributed by atoms with Crippen LogP contribution in [0.1, 0.15) is 19.4 Å². The average molecular weight is 294 g/mol. The van der Waals surface area contributed by atoms with Crippen LogP contribution >= 0.6 is 0 Å². The third kappa shape index (κ3) is 7.11. The van der Waals surface area contributed by atoms with E-state index in [9.17, 15) is 9.90 Å². The first-order valence-corrected chi connectivity index (χ1v) is 7.18. The van der Waals surface area contributed by atoms with E-state index in [1.807, 2.05) is 50.2 Å². The third-order valence-corrected chi connectivity index (χ3v) is 2.92. The molecule has 0 aliphatic heterocycles. The van der Waals surface area contributed by atoms with E-state index in [1.54, 1.807) is 6.92 Å². The second-order valence-electron chi connectivity index (χ2n) is 5.77. The fraction of sp³-hybridized carbons (Fsp3) is 0.562. The first-order valence-electron chi connectivity index (χ1n) is 7.18. The Morgan fingerprint density at radius 3 is 2.48 bits per heavy atom. The Labute approximate surface area is 126 Å². The van der Waals surface area contributed by atoms with Crippen LogP contribution in [0.15, 0.2) is 24.3 Å². The maximum absolute atomic E-state index is 11.9. The molecule has 1 unspecified atom stereocenters. The van der Waals surface area contributed by atoms with Gasteiger partial charge in [-0.05, 0) is 45.6 Å². The molecule has 0 aromatic heterocycles. The van der Waals surface area contributed by atoms with Crippen molar-refractivity contribution in [2.24, 2.45) is 0 Å². The van der Waals surface area contributed by atoms with E-state index < -0.39 is 5.60 Å². The fourth-order valence-electron chi connectivity index (χ4n) is 2.14.